The van der Waals surface area contributed by atoms with E-state index in [0.29, 0.717) is 25.7 Å². The van der Waals surface area contributed by atoms with Crippen LogP contribution in [0.1, 0.15) is 41.9 Å². The van der Waals surface area contributed by atoms with Crippen molar-refractivity contribution in [3.8, 4) is 5.75 Å². The molecule has 5 heteroatoms. The molecule has 184 valence electrons. The number of likely N-dealkylation sites (tertiary alicyclic amines) is 1. The maximum Gasteiger partial charge on any atom is 0.317 e. The Kier molecular flexibility index (Phi) is 9.32. The fraction of sp³-hybridized carbons (Fsp3) is 0.367. The van der Waals surface area contributed by atoms with E-state index in [1.807, 2.05) is 54.6 Å². The number of nitrogens with two attached hydrogens (primary N) is 1. The number of ether oxygens (including phenoxy) is 2. The van der Waals surface area contributed by atoms with Crippen molar-refractivity contribution in [2.24, 2.45) is 11.7 Å². The minimum atomic E-state index is -0.479. The number of nitrogens with zero attached hydrogens (tertiary/aromatic N) is 1. The van der Waals surface area contributed by atoms with Crippen LogP contribution in [0.5, 0.6) is 5.75 Å². The summed E-state index contributed by atoms with van der Waals surface area (Å²) in [5.41, 5.74) is 8.73. The van der Waals surface area contributed by atoms with Crippen LogP contribution >= 0.6 is 0 Å². The van der Waals surface area contributed by atoms with Crippen molar-refractivity contribution in [2.75, 3.05) is 32.8 Å². The summed E-state index contributed by atoms with van der Waals surface area (Å²) in [4.78, 5) is 15.9. The van der Waals surface area contributed by atoms with Crippen LogP contribution in [0.3, 0.4) is 0 Å². The smallest absolute Gasteiger partial charge is 0.317 e. The zero-order chi connectivity index (χ0) is 24.3. The highest BCUT2D eigenvalue weighted by molar-refractivity contribution is 5.82. The predicted molar refractivity (Wildman–Crippen MR) is 139 cm³/mol. The maximum atomic E-state index is 13.4. The molecule has 3 aromatic carbocycles. The van der Waals surface area contributed by atoms with Crippen molar-refractivity contribution in [1.29, 1.82) is 0 Å². The molecule has 2 N–H and O–H groups in total. The van der Waals surface area contributed by atoms with Gasteiger partial charge in [-0.3, -0.25) is 9.69 Å². The minimum absolute atomic E-state index is 0.206. The normalized spacial score (nSPS) is 15.5. The van der Waals surface area contributed by atoms with E-state index in [1.54, 1.807) is 0 Å². The number of esters is 1. The summed E-state index contributed by atoms with van der Waals surface area (Å²) in [5, 5.41) is 0. The van der Waals surface area contributed by atoms with Crippen LogP contribution in [0, 0.1) is 5.92 Å². The number of carbonyl (C=O) groups is 1. The lowest BCUT2D eigenvalue weighted by atomic mass is 9.91. The van der Waals surface area contributed by atoms with Crippen LogP contribution in [0.15, 0.2) is 84.9 Å². The van der Waals surface area contributed by atoms with E-state index in [4.69, 9.17) is 15.2 Å². The van der Waals surface area contributed by atoms with Crippen molar-refractivity contribution >= 4 is 5.97 Å². The molecule has 0 amide bonds. The monoisotopic (exact) mass is 472 g/mol. The second-order valence-corrected chi connectivity index (χ2v) is 9.24. The fourth-order valence-corrected chi connectivity index (χ4v) is 4.60. The predicted octanol–water partition coefficient (Wildman–Crippen LogP) is 5.00. The summed E-state index contributed by atoms with van der Waals surface area (Å²) in [6.45, 7) is 4.65. The molecular weight excluding hydrogens is 436 g/mol. The standard InChI is InChI=1S/C30H36N2O3/c31-17-8-20-34-28-14-7-13-27(21-28)29(26-11-5-2-6-12-26)30(33)35-23-25-15-18-32(19-16-25)22-24-9-3-1-4-10-24/h1-7,9-14,21,25,29H,8,15-20,22-23,31H2. The molecule has 0 radical (unpaired) electrons. The molecule has 0 bridgehead atoms. The highest BCUT2D eigenvalue weighted by Gasteiger charge is 2.27. The average Bonchev–Trinajstić information content (AvgIpc) is 2.90. The molecule has 5 nitrogen and oxygen atoms in total. The molecule has 3 aromatic rings. The van der Waals surface area contributed by atoms with Gasteiger partial charge in [-0.15, -0.1) is 0 Å². The van der Waals surface area contributed by atoms with Gasteiger partial charge in [-0.1, -0.05) is 72.8 Å². The average molecular weight is 473 g/mol. The lowest BCUT2D eigenvalue weighted by Crippen LogP contribution is -2.35. The zero-order valence-electron chi connectivity index (χ0n) is 20.4. The quantitative estimate of drug-likeness (QED) is 0.314. The number of piperidine rings is 1. The highest BCUT2D eigenvalue weighted by atomic mass is 16.5. The Balaban J connectivity index is 1.36. The zero-order valence-corrected chi connectivity index (χ0v) is 20.4. The second-order valence-electron chi connectivity index (χ2n) is 9.24. The van der Waals surface area contributed by atoms with E-state index in [9.17, 15) is 4.79 Å². The van der Waals surface area contributed by atoms with Crippen LogP contribution in [-0.2, 0) is 16.1 Å². The summed E-state index contributed by atoms with van der Waals surface area (Å²) < 4.78 is 11.8. The van der Waals surface area contributed by atoms with Gasteiger partial charge in [0.05, 0.1) is 13.2 Å². The summed E-state index contributed by atoms with van der Waals surface area (Å²) in [6.07, 6.45) is 2.87. The number of hydrogen-bond acceptors (Lipinski definition) is 5. The van der Waals surface area contributed by atoms with Crippen LogP contribution < -0.4 is 10.5 Å². The molecule has 1 atom stereocenters. The Hall–Kier alpha value is -3.15. The van der Waals surface area contributed by atoms with Crippen molar-refractivity contribution in [3.63, 3.8) is 0 Å². The van der Waals surface area contributed by atoms with Crippen LogP contribution in [-0.4, -0.2) is 43.7 Å². The summed E-state index contributed by atoms with van der Waals surface area (Å²) in [6, 6.07) is 28.2. The van der Waals surface area contributed by atoms with Crippen molar-refractivity contribution in [1.82, 2.24) is 4.90 Å². The van der Waals surface area contributed by atoms with Gasteiger partial charge in [0, 0.05) is 6.54 Å². The van der Waals surface area contributed by atoms with Gasteiger partial charge in [-0.05, 0) is 73.6 Å². The first-order valence-electron chi connectivity index (χ1n) is 12.6. The van der Waals surface area contributed by atoms with Gasteiger partial charge in [0.2, 0.25) is 0 Å². The Bertz CT molecular complexity index is 1030. The molecule has 0 aliphatic carbocycles. The van der Waals surface area contributed by atoms with Crippen molar-refractivity contribution < 1.29 is 14.3 Å². The molecule has 1 aliphatic heterocycles. The molecule has 0 spiro atoms. The van der Waals surface area contributed by atoms with Gasteiger partial charge in [0.15, 0.2) is 0 Å². The van der Waals surface area contributed by atoms with E-state index >= 15 is 0 Å². The van der Waals surface area contributed by atoms with Crippen LogP contribution in [0.2, 0.25) is 0 Å². The molecule has 1 unspecified atom stereocenters. The van der Waals surface area contributed by atoms with Crippen LogP contribution in [0.4, 0.5) is 0 Å². The summed E-state index contributed by atoms with van der Waals surface area (Å²) in [5.74, 6) is 0.457. The highest BCUT2D eigenvalue weighted by Crippen LogP contribution is 2.29. The Morgan fingerprint density at radius 2 is 1.60 bits per heavy atom. The third kappa shape index (κ3) is 7.41. The molecule has 4 rings (SSSR count). The Morgan fingerprint density at radius 1 is 0.914 bits per heavy atom. The third-order valence-electron chi connectivity index (χ3n) is 6.59. The molecule has 1 heterocycles. The molecular formula is C30H36N2O3. The lowest BCUT2D eigenvalue weighted by Gasteiger charge is -2.32. The number of rotatable bonds is 11. The molecule has 0 saturated carbocycles. The van der Waals surface area contributed by atoms with Crippen molar-refractivity contribution in [2.45, 2.75) is 31.7 Å². The van der Waals surface area contributed by atoms with Gasteiger partial charge in [0.1, 0.15) is 11.7 Å². The van der Waals surface area contributed by atoms with E-state index < -0.39 is 5.92 Å². The molecule has 35 heavy (non-hydrogen) atoms. The SMILES string of the molecule is NCCCOc1cccc(C(C(=O)OCC2CCN(Cc3ccccc3)CC2)c2ccccc2)c1. The maximum absolute atomic E-state index is 13.4. The largest absolute Gasteiger partial charge is 0.494 e. The molecule has 0 aromatic heterocycles. The van der Waals surface area contributed by atoms with E-state index in [0.717, 1.165) is 55.8 Å². The minimum Gasteiger partial charge on any atom is -0.494 e. The number of hydrogen-bond donors (Lipinski definition) is 1. The first-order chi connectivity index (χ1) is 17.2. The second kappa shape index (κ2) is 13.1. The van der Waals surface area contributed by atoms with E-state index in [2.05, 4.69) is 35.2 Å². The topological polar surface area (TPSA) is 64.8 Å². The Labute approximate surface area is 208 Å². The van der Waals surface area contributed by atoms with Gasteiger partial charge in [-0.2, -0.15) is 0 Å². The number of carbonyl (C=O) groups excluding carboxylic acids is 1. The van der Waals surface area contributed by atoms with Gasteiger partial charge in [0.25, 0.3) is 0 Å². The van der Waals surface area contributed by atoms with Gasteiger partial charge in [-0.25, -0.2) is 0 Å². The first kappa shape index (κ1) is 25.0. The van der Waals surface area contributed by atoms with Gasteiger partial charge < -0.3 is 15.2 Å². The van der Waals surface area contributed by atoms with Gasteiger partial charge >= 0.3 is 5.97 Å². The van der Waals surface area contributed by atoms with Crippen LogP contribution in [0.25, 0.3) is 0 Å². The third-order valence-corrected chi connectivity index (χ3v) is 6.59. The summed E-state index contributed by atoms with van der Waals surface area (Å²) in [7, 11) is 0. The molecule has 1 saturated heterocycles. The Morgan fingerprint density at radius 3 is 2.31 bits per heavy atom. The van der Waals surface area contributed by atoms with E-state index in [-0.39, 0.29) is 5.97 Å². The summed E-state index contributed by atoms with van der Waals surface area (Å²) >= 11 is 0. The first-order valence-corrected chi connectivity index (χ1v) is 12.6. The molecule has 1 fully saturated rings. The fourth-order valence-electron chi connectivity index (χ4n) is 4.60. The van der Waals surface area contributed by atoms with E-state index in [1.165, 1.54) is 5.56 Å². The number of benzene rings is 3. The lowest BCUT2D eigenvalue weighted by molar-refractivity contribution is -0.146. The molecule has 1 aliphatic rings. The van der Waals surface area contributed by atoms with Crippen molar-refractivity contribution in [3.05, 3.63) is 102 Å².